The minimum Gasteiger partial charge on any atom is -0.322 e. The number of hydrogen-bond donors (Lipinski definition) is 1. The fourth-order valence-electron chi connectivity index (χ4n) is 1.42. The van der Waals surface area contributed by atoms with Gasteiger partial charge in [0.25, 0.3) is 0 Å². The molecule has 0 heterocycles. The second-order valence-corrected chi connectivity index (χ2v) is 3.75. The molecule has 0 aromatic heterocycles. The molecule has 14 heavy (non-hydrogen) atoms. The fourth-order valence-corrected chi connectivity index (χ4v) is 1.42. The van der Waals surface area contributed by atoms with Gasteiger partial charge in [0.15, 0.2) is 0 Å². The van der Waals surface area contributed by atoms with E-state index in [0.29, 0.717) is 6.42 Å². The highest BCUT2D eigenvalue weighted by atomic mass is 16.1. The lowest BCUT2D eigenvalue weighted by molar-refractivity contribution is -0.120. The predicted molar refractivity (Wildman–Crippen MR) is 61.2 cm³/mol. The first kappa shape index (κ1) is 13.4. The standard InChI is InChI=1S/C12H23NO/c1-3-5-6-7-8-10-12(14)11(13)9-4-2/h3,11H,1,4-10,13H2,2H3. The van der Waals surface area contributed by atoms with Gasteiger partial charge in [0.05, 0.1) is 6.04 Å². The van der Waals surface area contributed by atoms with E-state index in [1.807, 2.05) is 6.08 Å². The molecule has 0 aliphatic heterocycles. The largest absolute Gasteiger partial charge is 0.322 e. The molecule has 2 heteroatoms. The maximum absolute atomic E-state index is 11.4. The molecule has 0 fully saturated rings. The van der Waals surface area contributed by atoms with Crippen LogP contribution in [0, 0.1) is 0 Å². The van der Waals surface area contributed by atoms with Gasteiger partial charge in [-0.3, -0.25) is 4.79 Å². The summed E-state index contributed by atoms with van der Waals surface area (Å²) in [6.45, 7) is 5.71. The number of carbonyl (C=O) groups excluding carboxylic acids is 1. The summed E-state index contributed by atoms with van der Waals surface area (Å²) in [7, 11) is 0. The highest BCUT2D eigenvalue weighted by Crippen LogP contribution is 2.06. The summed E-state index contributed by atoms with van der Waals surface area (Å²) in [5.41, 5.74) is 5.70. The van der Waals surface area contributed by atoms with Crippen LogP contribution in [0.25, 0.3) is 0 Å². The highest BCUT2D eigenvalue weighted by molar-refractivity contribution is 5.83. The summed E-state index contributed by atoms with van der Waals surface area (Å²) in [5.74, 6) is 0.227. The molecule has 82 valence electrons. The van der Waals surface area contributed by atoms with Gasteiger partial charge >= 0.3 is 0 Å². The molecule has 0 aliphatic rings. The molecular formula is C12H23NO. The van der Waals surface area contributed by atoms with Crippen LogP contribution < -0.4 is 5.73 Å². The highest BCUT2D eigenvalue weighted by Gasteiger charge is 2.10. The van der Waals surface area contributed by atoms with Crippen molar-refractivity contribution in [3.8, 4) is 0 Å². The maximum Gasteiger partial charge on any atom is 0.149 e. The van der Waals surface area contributed by atoms with Crippen LogP contribution in [-0.4, -0.2) is 11.8 Å². The number of Topliss-reactive ketones (excluding diaryl/α,β-unsaturated/α-hetero) is 1. The fraction of sp³-hybridized carbons (Fsp3) is 0.750. The quantitative estimate of drug-likeness (QED) is 0.456. The first-order valence-electron chi connectivity index (χ1n) is 5.61. The summed E-state index contributed by atoms with van der Waals surface area (Å²) in [6, 6.07) is -0.223. The zero-order chi connectivity index (χ0) is 10.8. The SMILES string of the molecule is C=CCCCCCC(=O)C(N)CCC. The lowest BCUT2D eigenvalue weighted by Crippen LogP contribution is -2.29. The Hall–Kier alpha value is -0.630. The van der Waals surface area contributed by atoms with Crippen molar-refractivity contribution < 1.29 is 4.79 Å². The third kappa shape index (κ3) is 6.84. The number of carbonyl (C=O) groups is 1. The Morgan fingerprint density at radius 1 is 1.43 bits per heavy atom. The lowest BCUT2D eigenvalue weighted by atomic mass is 10.0. The Balaban J connectivity index is 3.38. The molecule has 0 rings (SSSR count). The summed E-state index contributed by atoms with van der Waals surface area (Å²) in [6.07, 6.45) is 8.66. The summed E-state index contributed by atoms with van der Waals surface area (Å²) in [5, 5.41) is 0. The zero-order valence-corrected chi connectivity index (χ0v) is 9.30. The second-order valence-electron chi connectivity index (χ2n) is 3.75. The van der Waals surface area contributed by atoms with Crippen molar-refractivity contribution in [1.29, 1.82) is 0 Å². The van der Waals surface area contributed by atoms with E-state index in [0.717, 1.165) is 38.5 Å². The Morgan fingerprint density at radius 3 is 2.71 bits per heavy atom. The molecule has 0 saturated carbocycles. The van der Waals surface area contributed by atoms with E-state index in [-0.39, 0.29) is 11.8 Å². The molecule has 2 N–H and O–H groups in total. The van der Waals surface area contributed by atoms with Gasteiger partial charge in [-0.05, 0) is 25.7 Å². The molecule has 1 atom stereocenters. The molecule has 1 unspecified atom stereocenters. The van der Waals surface area contributed by atoms with Crippen molar-refractivity contribution in [3.05, 3.63) is 12.7 Å². The predicted octanol–water partition coefficient (Wildman–Crippen LogP) is 2.82. The van der Waals surface area contributed by atoms with E-state index < -0.39 is 0 Å². The van der Waals surface area contributed by atoms with Crippen LogP contribution in [0.15, 0.2) is 12.7 Å². The van der Waals surface area contributed by atoms with Gasteiger partial charge in [-0.15, -0.1) is 6.58 Å². The molecule has 0 bridgehead atoms. The first-order valence-corrected chi connectivity index (χ1v) is 5.61. The Bertz CT molecular complexity index is 166. The Morgan fingerprint density at radius 2 is 2.14 bits per heavy atom. The molecule has 0 saturated heterocycles. The Labute approximate surface area is 87.6 Å². The van der Waals surface area contributed by atoms with Crippen LogP contribution in [0.5, 0.6) is 0 Å². The lowest BCUT2D eigenvalue weighted by Gasteiger charge is -2.08. The topological polar surface area (TPSA) is 43.1 Å². The van der Waals surface area contributed by atoms with Crippen molar-refractivity contribution in [3.63, 3.8) is 0 Å². The van der Waals surface area contributed by atoms with E-state index in [1.54, 1.807) is 0 Å². The molecule has 0 aromatic rings. The van der Waals surface area contributed by atoms with Crippen molar-refractivity contribution in [2.75, 3.05) is 0 Å². The Kier molecular flexibility index (Phi) is 8.54. The minimum atomic E-state index is -0.223. The second kappa shape index (κ2) is 8.95. The molecule has 0 radical (unpaired) electrons. The van der Waals surface area contributed by atoms with Crippen molar-refractivity contribution in [2.24, 2.45) is 5.73 Å². The van der Waals surface area contributed by atoms with Crippen LogP contribution in [0.3, 0.4) is 0 Å². The summed E-state index contributed by atoms with van der Waals surface area (Å²) >= 11 is 0. The summed E-state index contributed by atoms with van der Waals surface area (Å²) < 4.78 is 0. The number of nitrogens with two attached hydrogens (primary N) is 1. The number of ketones is 1. The van der Waals surface area contributed by atoms with Gasteiger partial charge in [-0.2, -0.15) is 0 Å². The van der Waals surface area contributed by atoms with Crippen LogP contribution in [0.1, 0.15) is 51.9 Å². The summed E-state index contributed by atoms with van der Waals surface area (Å²) in [4.78, 5) is 11.4. The molecule has 0 aromatic carbocycles. The van der Waals surface area contributed by atoms with Crippen molar-refractivity contribution >= 4 is 5.78 Å². The normalized spacial score (nSPS) is 12.4. The minimum absolute atomic E-state index is 0.223. The van der Waals surface area contributed by atoms with Gasteiger partial charge in [-0.1, -0.05) is 25.8 Å². The van der Waals surface area contributed by atoms with Crippen LogP contribution in [0.2, 0.25) is 0 Å². The average Bonchev–Trinajstić information content (AvgIpc) is 2.17. The van der Waals surface area contributed by atoms with Gasteiger partial charge in [-0.25, -0.2) is 0 Å². The van der Waals surface area contributed by atoms with Gasteiger partial charge in [0, 0.05) is 6.42 Å². The number of unbranched alkanes of at least 4 members (excludes halogenated alkanes) is 3. The van der Waals surface area contributed by atoms with Gasteiger partial charge in [0.1, 0.15) is 5.78 Å². The number of allylic oxidation sites excluding steroid dienone is 1. The van der Waals surface area contributed by atoms with Crippen LogP contribution in [0.4, 0.5) is 0 Å². The van der Waals surface area contributed by atoms with E-state index in [4.69, 9.17) is 5.73 Å². The van der Waals surface area contributed by atoms with Gasteiger partial charge < -0.3 is 5.73 Å². The molecule has 2 nitrogen and oxygen atoms in total. The van der Waals surface area contributed by atoms with Crippen LogP contribution in [-0.2, 0) is 4.79 Å². The molecule has 0 spiro atoms. The number of hydrogen-bond acceptors (Lipinski definition) is 2. The third-order valence-electron chi connectivity index (χ3n) is 2.34. The van der Waals surface area contributed by atoms with Crippen molar-refractivity contribution in [2.45, 2.75) is 57.9 Å². The first-order chi connectivity index (χ1) is 6.72. The van der Waals surface area contributed by atoms with E-state index in [1.165, 1.54) is 0 Å². The van der Waals surface area contributed by atoms with Gasteiger partial charge in [0.2, 0.25) is 0 Å². The smallest absolute Gasteiger partial charge is 0.149 e. The zero-order valence-electron chi connectivity index (χ0n) is 9.30. The monoisotopic (exact) mass is 197 g/mol. The molecular weight excluding hydrogens is 174 g/mol. The molecule has 0 amide bonds. The van der Waals surface area contributed by atoms with E-state index >= 15 is 0 Å². The third-order valence-corrected chi connectivity index (χ3v) is 2.34. The number of rotatable bonds is 9. The average molecular weight is 197 g/mol. The van der Waals surface area contributed by atoms with E-state index in [2.05, 4.69) is 13.5 Å². The molecule has 0 aliphatic carbocycles. The van der Waals surface area contributed by atoms with Crippen molar-refractivity contribution in [1.82, 2.24) is 0 Å². The van der Waals surface area contributed by atoms with Crippen LogP contribution >= 0.6 is 0 Å². The maximum atomic E-state index is 11.4. The van der Waals surface area contributed by atoms with E-state index in [9.17, 15) is 4.79 Å².